The number of carbonyl (C=O) groups is 2. The van der Waals surface area contributed by atoms with Crippen LogP contribution in [0.5, 0.6) is 0 Å². The molecule has 0 saturated heterocycles. The Morgan fingerprint density at radius 2 is 1.57 bits per heavy atom. The van der Waals surface area contributed by atoms with Crippen LogP contribution in [-0.2, 0) is 14.0 Å². The minimum Gasteiger partial charge on any atom is -0.515 e. The molecule has 23 heavy (non-hydrogen) atoms. The lowest BCUT2D eigenvalue weighted by molar-refractivity contribution is -0.133. The summed E-state index contributed by atoms with van der Waals surface area (Å²) >= 11 is 0. The van der Waals surface area contributed by atoms with Crippen LogP contribution in [0.4, 0.5) is 0 Å². The van der Waals surface area contributed by atoms with E-state index in [1.165, 1.54) is 0 Å². The van der Waals surface area contributed by atoms with Gasteiger partial charge >= 0.3 is 11.9 Å². The van der Waals surface area contributed by atoms with E-state index in [1.54, 1.807) is 0 Å². The fourth-order valence-electron chi connectivity index (χ4n) is 4.12. The summed E-state index contributed by atoms with van der Waals surface area (Å²) in [6, 6.07) is 0. The van der Waals surface area contributed by atoms with E-state index < -0.39 is 20.3 Å². The summed E-state index contributed by atoms with van der Waals surface area (Å²) in [5.74, 6) is -1.11. The van der Waals surface area contributed by atoms with Crippen molar-refractivity contribution in [2.75, 3.05) is 0 Å². The number of rotatable bonds is 9. The minimum absolute atomic E-state index is 0.0858. The highest BCUT2D eigenvalue weighted by atomic mass is 28.4. The molecule has 134 valence electrons. The molecule has 0 fully saturated rings. The van der Waals surface area contributed by atoms with Crippen molar-refractivity contribution in [3.05, 3.63) is 12.2 Å². The molecule has 1 unspecified atom stereocenters. The lowest BCUT2D eigenvalue weighted by atomic mass is 9.96. The van der Waals surface area contributed by atoms with Gasteiger partial charge in [0.25, 0.3) is 8.32 Å². The Morgan fingerprint density at radius 1 is 1.09 bits per heavy atom. The van der Waals surface area contributed by atoms with Crippen molar-refractivity contribution in [3.63, 3.8) is 0 Å². The Morgan fingerprint density at radius 3 is 1.91 bits per heavy atom. The van der Waals surface area contributed by atoms with E-state index in [2.05, 4.69) is 55.4 Å². The molecule has 4 nitrogen and oxygen atoms in total. The number of carbonyl (C=O) groups excluding carboxylic acids is 1. The van der Waals surface area contributed by atoms with E-state index in [9.17, 15) is 9.59 Å². The van der Waals surface area contributed by atoms with Crippen LogP contribution in [0.3, 0.4) is 0 Å². The highest BCUT2D eigenvalue weighted by molar-refractivity contribution is 6.80. The Labute approximate surface area is 142 Å². The SMILES string of the molecule is CCC(C)CC(C)(C)[Si](OC(=O)/C=C\C(=O)O)(C(C)C)C(C)C. The molecule has 0 rings (SSSR count). The van der Waals surface area contributed by atoms with Gasteiger partial charge in [0.05, 0.1) is 0 Å². The fourth-order valence-corrected chi connectivity index (χ4v) is 10.4. The van der Waals surface area contributed by atoms with Gasteiger partial charge in [-0.15, -0.1) is 0 Å². The standard InChI is InChI=1S/C18H34O4Si/c1-9-15(6)12-18(7,8)23(13(2)3,14(4)5)22-17(21)11-10-16(19)20/h10-11,13-15H,9,12H2,1-8H3,(H,19,20)/b11-10-. The summed E-state index contributed by atoms with van der Waals surface area (Å²) in [5.41, 5.74) is 0.507. The first-order valence-corrected chi connectivity index (χ1v) is 10.6. The summed E-state index contributed by atoms with van der Waals surface area (Å²) in [4.78, 5) is 22.9. The van der Waals surface area contributed by atoms with Crippen molar-refractivity contribution in [2.45, 2.75) is 84.4 Å². The molecule has 0 aliphatic heterocycles. The van der Waals surface area contributed by atoms with Crippen molar-refractivity contribution in [1.82, 2.24) is 0 Å². The van der Waals surface area contributed by atoms with Gasteiger partial charge in [-0.1, -0.05) is 61.8 Å². The number of hydrogen-bond donors (Lipinski definition) is 1. The quantitative estimate of drug-likeness (QED) is 0.465. The van der Waals surface area contributed by atoms with E-state index >= 15 is 0 Å². The highest BCUT2D eigenvalue weighted by Crippen LogP contribution is 2.54. The number of carboxylic acids is 1. The third-order valence-corrected chi connectivity index (χ3v) is 11.2. The van der Waals surface area contributed by atoms with Crippen molar-refractivity contribution >= 4 is 20.3 Å². The van der Waals surface area contributed by atoms with Crippen LogP contribution in [0, 0.1) is 5.92 Å². The molecule has 0 bridgehead atoms. The topological polar surface area (TPSA) is 63.6 Å². The molecule has 1 atom stereocenters. The van der Waals surface area contributed by atoms with Gasteiger partial charge in [0.15, 0.2) is 0 Å². The van der Waals surface area contributed by atoms with E-state index in [0.717, 1.165) is 25.0 Å². The molecule has 0 saturated carbocycles. The molecule has 0 aromatic rings. The predicted octanol–water partition coefficient (Wildman–Crippen LogP) is 5.15. The number of carboxylic acid groups (broad SMARTS) is 1. The van der Waals surface area contributed by atoms with Crippen LogP contribution in [0.1, 0.15) is 68.2 Å². The van der Waals surface area contributed by atoms with E-state index in [-0.39, 0.29) is 16.1 Å². The van der Waals surface area contributed by atoms with Gasteiger partial charge in [-0.3, -0.25) is 0 Å². The number of aliphatic carboxylic acids is 1. The van der Waals surface area contributed by atoms with Crippen molar-refractivity contribution in [3.8, 4) is 0 Å². The maximum absolute atomic E-state index is 12.2. The molecule has 0 aromatic carbocycles. The second-order valence-corrected chi connectivity index (χ2v) is 13.2. The smallest absolute Gasteiger partial charge is 0.328 e. The molecule has 0 heterocycles. The molecule has 0 amide bonds. The van der Waals surface area contributed by atoms with Crippen molar-refractivity contribution in [1.29, 1.82) is 0 Å². The Bertz CT molecular complexity index is 430. The normalized spacial score (nSPS) is 14.5. The maximum atomic E-state index is 12.2. The van der Waals surface area contributed by atoms with Crippen LogP contribution >= 0.6 is 0 Å². The first-order chi connectivity index (χ1) is 10.4. The zero-order valence-corrected chi connectivity index (χ0v) is 17.0. The van der Waals surface area contributed by atoms with Gasteiger partial charge in [0, 0.05) is 12.2 Å². The van der Waals surface area contributed by atoms with Gasteiger partial charge in [0.2, 0.25) is 0 Å². The van der Waals surface area contributed by atoms with Crippen LogP contribution in [0.2, 0.25) is 16.1 Å². The Kier molecular flexibility index (Phi) is 8.25. The lowest BCUT2D eigenvalue weighted by Gasteiger charge is -2.49. The number of hydrogen-bond acceptors (Lipinski definition) is 3. The van der Waals surface area contributed by atoms with E-state index in [0.29, 0.717) is 5.92 Å². The predicted molar refractivity (Wildman–Crippen MR) is 96.9 cm³/mol. The summed E-state index contributed by atoms with van der Waals surface area (Å²) in [6.07, 6.45) is 3.98. The molecule has 0 aliphatic rings. The van der Waals surface area contributed by atoms with E-state index in [4.69, 9.17) is 9.53 Å². The summed E-state index contributed by atoms with van der Waals surface area (Å²) < 4.78 is 6.07. The fraction of sp³-hybridized carbons (Fsp3) is 0.778. The molecule has 1 N–H and O–H groups in total. The average Bonchev–Trinajstić information content (AvgIpc) is 2.40. The second kappa shape index (κ2) is 8.67. The molecule has 0 spiro atoms. The largest absolute Gasteiger partial charge is 0.515 e. The molecule has 5 heteroatoms. The molecule has 0 radical (unpaired) electrons. The molecule has 0 aromatic heterocycles. The van der Waals surface area contributed by atoms with Crippen molar-refractivity contribution in [2.24, 2.45) is 5.92 Å². The average molecular weight is 343 g/mol. The van der Waals surface area contributed by atoms with Gasteiger partial charge in [0.1, 0.15) is 0 Å². The van der Waals surface area contributed by atoms with Gasteiger partial charge in [-0.05, 0) is 28.5 Å². The summed E-state index contributed by atoms with van der Waals surface area (Å²) in [6.45, 7) is 17.3. The second-order valence-electron chi connectivity index (χ2n) is 7.80. The third kappa shape index (κ3) is 5.48. The van der Waals surface area contributed by atoms with Crippen LogP contribution < -0.4 is 0 Å². The first kappa shape index (κ1) is 21.9. The molecular formula is C18H34O4Si. The zero-order valence-electron chi connectivity index (χ0n) is 16.0. The summed E-state index contributed by atoms with van der Waals surface area (Å²) in [7, 11) is -2.49. The Balaban J connectivity index is 5.74. The Hall–Kier alpha value is -1.10. The van der Waals surface area contributed by atoms with Crippen molar-refractivity contribution < 1.29 is 19.1 Å². The van der Waals surface area contributed by atoms with Crippen LogP contribution in [0.15, 0.2) is 12.2 Å². The minimum atomic E-state index is -2.49. The van der Waals surface area contributed by atoms with Gasteiger partial charge in [-0.2, -0.15) is 0 Å². The lowest BCUT2D eigenvalue weighted by Crippen LogP contribution is -2.55. The van der Waals surface area contributed by atoms with Crippen LogP contribution in [-0.4, -0.2) is 25.4 Å². The van der Waals surface area contributed by atoms with Gasteiger partial charge < -0.3 is 9.53 Å². The summed E-state index contributed by atoms with van der Waals surface area (Å²) in [5, 5.41) is 8.62. The highest BCUT2D eigenvalue weighted by Gasteiger charge is 2.56. The third-order valence-electron chi connectivity index (χ3n) is 4.96. The maximum Gasteiger partial charge on any atom is 0.328 e. The molecular weight excluding hydrogens is 308 g/mol. The van der Waals surface area contributed by atoms with Crippen LogP contribution in [0.25, 0.3) is 0 Å². The zero-order chi connectivity index (χ0) is 18.4. The van der Waals surface area contributed by atoms with E-state index in [1.807, 2.05) is 0 Å². The van der Waals surface area contributed by atoms with Gasteiger partial charge in [-0.25, -0.2) is 9.59 Å². The first-order valence-electron chi connectivity index (χ1n) is 8.54. The molecule has 0 aliphatic carbocycles. The monoisotopic (exact) mass is 342 g/mol.